The van der Waals surface area contributed by atoms with Gasteiger partial charge in [-0.1, -0.05) is 12.1 Å². The molecule has 1 amide bonds. The van der Waals surface area contributed by atoms with E-state index in [4.69, 9.17) is 4.74 Å². The number of benzene rings is 2. The highest BCUT2D eigenvalue weighted by atomic mass is 19.1. The fourth-order valence-corrected chi connectivity index (χ4v) is 3.03. The summed E-state index contributed by atoms with van der Waals surface area (Å²) < 4.78 is 32.2. The number of carbonyl (C=O) groups is 1. The molecule has 0 N–H and O–H groups in total. The van der Waals surface area contributed by atoms with Gasteiger partial charge in [-0.05, 0) is 36.8 Å². The standard InChI is InChI=1S/C19H20F2N2O2/c1-13-19(24)23(18-8-5-15(20)11-17(18)21)10-9-22(13)12-14-3-6-16(25-2)7-4-14/h3-8,11,13H,9-10,12H2,1-2H3. The highest BCUT2D eigenvalue weighted by Crippen LogP contribution is 2.25. The summed E-state index contributed by atoms with van der Waals surface area (Å²) >= 11 is 0. The molecule has 1 aliphatic heterocycles. The summed E-state index contributed by atoms with van der Waals surface area (Å²) in [5.41, 5.74) is 1.20. The molecule has 1 atom stereocenters. The van der Waals surface area contributed by atoms with E-state index in [-0.39, 0.29) is 17.6 Å². The number of methoxy groups -OCH3 is 1. The first-order valence-corrected chi connectivity index (χ1v) is 8.13. The van der Waals surface area contributed by atoms with E-state index in [0.29, 0.717) is 19.6 Å². The molecule has 0 radical (unpaired) electrons. The van der Waals surface area contributed by atoms with Crippen LogP contribution in [0.2, 0.25) is 0 Å². The minimum atomic E-state index is -0.718. The van der Waals surface area contributed by atoms with Gasteiger partial charge in [0.2, 0.25) is 5.91 Å². The Bertz CT molecular complexity index is 765. The summed E-state index contributed by atoms with van der Waals surface area (Å²) in [6, 6.07) is 10.6. The Morgan fingerprint density at radius 3 is 2.48 bits per heavy atom. The average molecular weight is 346 g/mol. The molecule has 1 saturated heterocycles. The average Bonchev–Trinajstić information content (AvgIpc) is 2.61. The lowest BCUT2D eigenvalue weighted by atomic mass is 10.1. The fraction of sp³-hybridized carbons (Fsp3) is 0.316. The van der Waals surface area contributed by atoms with Gasteiger partial charge in [0.1, 0.15) is 17.4 Å². The molecule has 0 bridgehead atoms. The smallest absolute Gasteiger partial charge is 0.244 e. The van der Waals surface area contributed by atoms with Crippen LogP contribution in [0.3, 0.4) is 0 Å². The number of piperazine rings is 1. The summed E-state index contributed by atoms with van der Waals surface area (Å²) in [6.45, 7) is 3.40. The lowest BCUT2D eigenvalue weighted by Gasteiger charge is -2.39. The van der Waals surface area contributed by atoms with E-state index in [2.05, 4.69) is 0 Å². The van der Waals surface area contributed by atoms with Gasteiger partial charge in [0.15, 0.2) is 0 Å². The van der Waals surface area contributed by atoms with E-state index in [1.54, 1.807) is 14.0 Å². The number of rotatable bonds is 4. The number of hydrogen-bond donors (Lipinski definition) is 0. The largest absolute Gasteiger partial charge is 0.497 e. The maximum absolute atomic E-state index is 14.0. The molecule has 1 aliphatic rings. The van der Waals surface area contributed by atoms with Crippen molar-refractivity contribution >= 4 is 11.6 Å². The predicted octanol–water partition coefficient (Wildman–Crippen LogP) is 3.21. The Kier molecular flexibility index (Phi) is 4.99. The maximum Gasteiger partial charge on any atom is 0.244 e. The number of ether oxygens (including phenoxy) is 1. The molecule has 0 aromatic heterocycles. The monoisotopic (exact) mass is 346 g/mol. The number of hydrogen-bond acceptors (Lipinski definition) is 3. The van der Waals surface area contributed by atoms with E-state index < -0.39 is 11.6 Å². The number of anilines is 1. The SMILES string of the molecule is COc1ccc(CN2CCN(c3ccc(F)cc3F)C(=O)C2C)cc1. The summed E-state index contributed by atoms with van der Waals surface area (Å²) in [5.74, 6) is -0.779. The van der Waals surface area contributed by atoms with E-state index in [1.165, 1.54) is 17.0 Å². The molecule has 132 valence electrons. The number of amides is 1. The minimum Gasteiger partial charge on any atom is -0.497 e. The van der Waals surface area contributed by atoms with Crippen molar-refractivity contribution < 1.29 is 18.3 Å². The Morgan fingerprint density at radius 1 is 1.12 bits per heavy atom. The van der Waals surface area contributed by atoms with Crippen LogP contribution in [0.25, 0.3) is 0 Å². The number of halogens is 2. The van der Waals surface area contributed by atoms with Gasteiger partial charge in [0.25, 0.3) is 0 Å². The summed E-state index contributed by atoms with van der Waals surface area (Å²) in [5, 5.41) is 0. The summed E-state index contributed by atoms with van der Waals surface area (Å²) in [7, 11) is 1.61. The van der Waals surface area contributed by atoms with Gasteiger partial charge in [-0.3, -0.25) is 9.69 Å². The Hall–Kier alpha value is -2.47. The first kappa shape index (κ1) is 17.4. The van der Waals surface area contributed by atoms with E-state index in [1.807, 2.05) is 29.2 Å². The second-order valence-corrected chi connectivity index (χ2v) is 6.08. The van der Waals surface area contributed by atoms with Crippen molar-refractivity contribution in [2.45, 2.75) is 19.5 Å². The normalized spacial score (nSPS) is 18.5. The molecule has 25 heavy (non-hydrogen) atoms. The Balaban J connectivity index is 1.72. The summed E-state index contributed by atoms with van der Waals surface area (Å²) in [6.07, 6.45) is 0. The van der Waals surface area contributed by atoms with Crippen molar-refractivity contribution in [3.63, 3.8) is 0 Å². The van der Waals surface area contributed by atoms with Crippen molar-refractivity contribution in [2.24, 2.45) is 0 Å². The molecule has 1 fully saturated rings. The molecule has 0 aliphatic carbocycles. The number of carbonyl (C=O) groups excluding carboxylic acids is 1. The zero-order valence-electron chi connectivity index (χ0n) is 14.2. The molecule has 4 nitrogen and oxygen atoms in total. The lowest BCUT2D eigenvalue weighted by molar-refractivity contribution is -0.125. The van der Waals surface area contributed by atoms with Crippen LogP contribution in [-0.4, -0.2) is 37.0 Å². The first-order valence-electron chi connectivity index (χ1n) is 8.13. The van der Waals surface area contributed by atoms with Crippen LogP contribution >= 0.6 is 0 Å². The van der Waals surface area contributed by atoms with Gasteiger partial charge in [0, 0.05) is 25.7 Å². The second kappa shape index (κ2) is 7.19. The van der Waals surface area contributed by atoms with Crippen molar-refractivity contribution in [3.05, 3.63) is 59.7 Å². The van der Waals surface area contributed by atoms with E-state index >= 15 is 0 Å². The van der Waals surface area contributed by atoms with Gasteiger partial charge < -0.3 is 9.64 Å². The molecular weight excluding hydrogens is 326 g/mol. The quantitative estimate of drug-likeness (QED) is 0.852. The second-order valence-electron chi connectivity index (χ2n) is 6.08. The number of nitrogens with zero attached hydrogens (tertiary/aromatic N) is 2. The van der Waals surface area contributed by atoms with Crippen LogP contribution in [0.1, 0.15) is 12.5 Å². The van der Waals surface area contributed by atoms with Gasteiger partial charge in [0.05, 0.1) is 18.8 Å². The molecule has 2 aromatic rings. The Labute approximate surface area is 145 Å². The van der Waals surface area contributed by atoms with Crippen molar-refractivity contribution in [3.8, 4) is 5.75 Å². The first-order chi connectivity index (χ1) is 12.0. The van der Waals surface area contributed by atoms with Crippen LogP contribution < -0.4 is 9.64 Å². The minimum absolute atomic E-state index is 0.127. The zero-order valence-corrected chi connectivity index (χ0v) is 14.2. The van der Waals surface area contributed by atoms with Gasteiger partial charge in [-0.25, -0.2) is 8.78 Å². The highest BCUT2D eigenvalue weighted by Gasteiger charge is 2.33. The van der Waals surface area contributed by atoms with E-state index in [0.717, 1.165) is 17.4 Å². The van der Waals surface area contributed by atoms with Gasteiger partial charge in [-0.2, -0.15) is 0 Å². The van der Waals surface area contributed by atoms with Crippen molar-refractivity contribution in [1.82, 2.24) is 4.90 Å². The van der Waals surface area contributed by atoms with Crippen molar-refractivity contribution in [2.75, 3.05) is 25.1 Å². The van der Waals surface area contributed by atoms with Gasteiger partial charge in [-0.15, -0.1) is 0 Å². The highest BCUT2D eigenvalue weighted by molar-refractivity contribution is 5.97. The van der Waals surface area contributed by atoms with Crippen LogP contribution in [0.15, 0.2) is 42.5 Å². The molecule has 1 unspecified atom stereocenters. The fourth-order valence-electron chi connectivity index (χ4n) is 3.03. The van der Waals surface area contributed by atoms with Crippen LogP contribution in [0, 0.1) is 11.6 Å². The molecule has 6 heteroatoms. The van der Waals surface area contributed by atoms with Crippen LogP contribution in [-0.2, 0) is 11.3 Å². The Morgan fingerprint density at radius 2 is 1.84 bits per heavy atom. The van der Waals surface area contributed by atoms with Crippen LogP contribution in [0.5, 0.6) is 5.75 Å². The molecule has 1 heterocycles. The summed E-state index contributed by atoms with van der Waals surface area (Å²) in [4.78, 5) is 16.1. The molecular formula is C19H20F2N2O2. The molecule has 2 aromatic carbocycles. The molecule has 0 spiro atoms. The van der Waals surface area contributed by atoms with Gasteiger partial charge >= 0.3 is 0 Å². The van der Waals surface area contributed by atoms with Crippen molar-refractivity contribution in [1.29, 1.82) is 0 Å². The zero-order chi connectivity index (χ0) is 18.0. The topological polar surface area (TPSA) is 32.8 Å². The third-order valence-electron chi connectivity index (χ3n) is 4.53. The molecule has 0 saturated carbocycles. The maximum atomic E-state index is 14.0. The molecule has 3 rings (SSSR count). The van der Waals surface area contributed by atoms with Crippen LogP contribution in [0.4, 0.5) is 14.5 Å². The van der Waals surface area contributed by atoms with E-state index in [9.17, 15) is 13.6 Å². The lowest BCUT2D eigenvalue weighted by Crippen LogP contribution is -2.55. The third-order valence-corrected chi connectivity index (χ3v) is 4.53. The predicted molar refractivity (Wildman–Crippen MR) is 91.6 cm³/mol. The third kappa shape index (κ3) is 3.64.